The first-order valence-corrected chi connectivity index (χ1v) is 8.80. The SMILES string of the molecule is CC1=CCC[C@H]2[C@@](C)(CC/C(C=O)=C/C(=O)O)[C@H](C)CC[C@@]12C. The van der Waals surface area contributed by atoms with E-state index in [2.05, 4.69) is 33.8 Å². The standard InChI is InChI=1S/C20H30O3/c1-14-6-5-7-17-19(14,3)10-8-15(2)20(17,4)11-9-16(13-21)12-18(22)23/h6,12-13,15,17H,5,7-11H2,1-4H3,(H,22,23)/b16-12-/t15-,17-,19+,20+/m1/s1. The van der Waals surface area contributed by atoms with Crippen LogP contribution in [-0.4, -0.2) is 17.4 Å². The summed E-state index contributed by atoms with van der Waals surface area (Å²) < 4.78 is 0. The second-order valence-corrected chi connectivity index (χ2v) is 8.06. The van der Waals surface area contributed by atoms with E-state index in [0.29, 0.717) is 30.1 Å². The van der Waals surface area contributed by atoms with Crippen molar-refractivity contribution in [3.8, 4) is 0 Å². The van der Waals surface area contributed by atoms with Gasteiger partial charge < -0.3 is 5.11 Å². The van der Waals surface area contributed by atoms with Gasteiger partial charge in [0.25, 0.3) is 0 Å². The first-order chi connectivity index (χ1) is 10.7. The number of rotatable bonds is 5. The third-order valence-corrected chi connectivity index (χ3v) is 7.01. The third-order valence-electron chi connectivity index (χ3n) is 7.01. The van der Waals surface area contributed by atoms with Gasteiger partial charge in [0.05, 0.1) is 0 Å². The number of carbonyl (C=O) groups is 2. The Labute approximate surface area is 139 Å². The monoisotopic (exact) mass is 318 g/mol. The van der Waals surface area contributed by atoms with E-state index in [4.69, 9.17) is 5.11 Å². The normalized spacial score (nSPS) is 37.7. The Morgan fingerprint density at radius 1 is 1.39 bits per heavy atom. The first kappa shape index (κ1) is 18.0. The van der Waals surface area contributed by atoms with Crippen molar-refractivity contribution in [2.24, 2.45) is 22.7 Å². The van der Waals surface area contributed by atoms with Crippen LogP contribution in [0.25, 0.3) is 0 Å². The van der Waals surface area contributed by atoms with E-state index in [9.17, 15) is 9.59 Å². The molecule has 0 aromatic heterocycles. The predicted molar refractivity (Wildman–Crippen MR) is 92.1 cm³/mol. The zero-order valence-electron chi connectivity index (χ0n) is 14.9. The van der Waals surface area contributed by atoms with Gasteiger partial charge in [-0.2, -0.15) is 0 Å². The number of aliphatic carboxylic acids is 1. The van der Waals surface area contributed by atoms with Gasteiger partial charge >= 0.3 is 5.97 Å². The molecule has 1 saturated carbocycles. The highest BCUT2D eigenvalue weighted by Crippen LogP contribution is 2.61. The Morgan fingerprint density at radius 3 is 2.70 bits per heavy atom. The molecule has 1 fully saturated rings. The van der Waals surface area contributed by atoms with Crippen molar-refractivity contribution in [2.75, 3.05) is 0 Å². The van der Waals surface area contributed by atoms with Crippen LogP contribution in [0.4, 0.5) is 0 Å². The van der Waals surface area contributed by atoms with Gasteiger partial charge in [-0.1, -0.05) is 32.4 Å². The van der Waals surface area contributed by atoms with Gasteiger partial charge in [0.15, 0.2) is 0 Å². The van der Waals surface area contributed by atoms with Crippen LogP contribution in [0.15, 0.2) is 23.3 Å². The molecule has 2 aliphatic rings. The maximum Gasteiger partial charge on any atom is 0.328 e. The van der Waals surface area contributed by atoms with Crippen molar-refractivity contribution in [3.05, 3.63) is 23.3 Å². The minimum atomic E-state index is -1.03. The molecule has 0 unspecified atom stereocenters. The van der Waals surface area contributed by atoms with Crippen LogP contribution in [0.5, 0.6) is 0 Å². The first-order valence-electron chi connectivity index (χ1n) is 8.80. The molecule has 2 aliphatic carbocycles. The lowest BCUT2D eigenvalue weighted by molar-refractivity contribution is -0.131. The molecule has 0 bridgehead atoms. The third kappa shape index (κ3) is 3.29. The van der Waals surface area contributed by atoms with Gasteiger partial charge in [-0.3, -0.25) is 4.79 Å². The number of aldehydes is 1. The van der Waals surface area contributed by atoms with Crippen LogP contribution in [0.3, 0.4) is 0 Å². The molecule has 0 amide bonds. The average Bonchev–Trinajstić information content (AvgIpc) is 2.50. The fourth-order valence-corrected chi connectivity index (χ4v) is 5.07. The van der Waals surface area contributed by atoms with E-state index in [1.54, 1.807) is 0 Å². The largest absolute Gasteiger partial charge is 0.478 e. The smallest absolute Gasteiger partial charge is 0.328 e. The highest BCUT2D eigenvalue weighted by Gasteiger charge is 2.52. The molecule has 4 atom stereocenters. The lowest BCUT2D eigenvalue weighted by Gasteiger charge is -2.58. The second kappa shape index (κ2) is 6.62. The van der Waals surface area contributed by atoms with E-state index in [1.807, 2.05) is 0 Å². The fourth-order valence-electron chi connectivity index (χ4n) is 5.07. The van der Waals surface area contributed by atoms with E-state index in [-0.39, 0.29) is 10.8 Å². The summed E-state index contributed by atoms with van der Waals surface area (Å²) in [5.74, 6) is 0.181. The molecule has 3 heteroatoms. The van der Waals surface area contributed by atoms with Crippen LogP contribution in [0.1, 0.15) is 66.2 Å². The molecule has 0 aromatic carbocycles. The molecular weight excluding hydrogens is 288 g/mol. The quantitative estimate of drug-likeness (QED) is 0.451. The number of fused-ring (bicyclic) bond motifs is 1. The predicted octanol–water partition coefficient (Wildman–Crippen LogP) is 4.78. The second-order valence-electron chi connectivity index (χ2n) is 8.06. The van der Waals surface area contributed by atoms with Gasteiger partial charge in [-0.05, 0) is 73.7 Å². The summed E-state index contributed by atoms with van der Waals surface area (Å²) in [6.45, 7) is 9.36. The molecule has 0 aromatic rings. The summed E-state index contributed by atoms with van der Waals surface area (Å²) in [5, 5.41) is 8.89. The Hall–Kier alpha value is -1.38. The molecule has 3 nitrogen and oxygen atoms in total. The summed E-state index contributed by atoms with van der Waals surface area (Å²) in [6, 6.07) is 0. The van der Waals surface area contributed by atoms with E-state index in [0.717, 1.165) is 18.9 Å². The van der Waals surface area contributed by atoms with E-state index in [1.165, 1.54) is 24.8 Å². The number of carboxylic acids is 1. The molecule has 0 saturated heterocycles. The minimum absolute atomic E-state index is 0.156. The minimum Gasteiger partial charge on any atom is -0.478 e. The summed E-state index contributed by atoms with van der Waals surface area (Å²) in [6.07, 6.45) is 10.4. The Morgan fingerprint density at radius 2 is 2.09 bits per heavy atom. The molecule has 128 valence electrons. The molecule has 1 N–H and O–H groups in total. The molecule has 0 spiro atoms. The Bertz CT molecular complexity index is 545. The van der Waals surface area contributed by atoms with Crippen molar-refractivity contribution < 1.29 is 14.7 Å². The summed E-state index contributed by atoms with van der Waals surface area (Å²) in [4.78, 5) is 22.0. The fraction of sp³-hybridized carbons (Fsp3) is 0.700. The summed E-state index contributed by atoms with van der Waals surface area (Å²) in [5.41, 5.74) is 2.34. The van der Waals surface area contributed by atoms with E-state index >= 15 is 0 Å². The maximum absolute atomic E-state index is 11.2. The Kier molecular flexibility index (Phi) is 5.17. The number of carbonyl (C=O) groups excluding carboxylic acids is 1. The number of allylic oxidation sites excluding steroid dienone is 3. The van der Waals surface area contributed by atoms with Gasteiger partial charge in [-0.25, -0.2) is 4.79 Å². The zero-order chi connectivity index (χ0) is 17.3. The molecule has 0 radical (unpaired) electrons. The van der Waals surface area contributed by atoms with Gasteiger partial charge in [-0.15, -0.1) is 0 Å². The van der Waals surface area contributed by atoms with Gasteiger partial charge in [0.2, 0.25) is 0 Å². The summed E-state index contributed by atoms with van der Waals surface area (Å²) >= 11 is 0. The molecule has 2 rings (SSSR count). The molecule has 0 aliphatic heterocycles. The zero-order valence-corrected chi connectivity index (χ0v) is 14.9. The highest BCUT2D eigenvalue weighted by atomic mass is 16.4. The summed E-state index contributed by atoms with van der Waals surface area (Å²) in [7, 11) is 0. The maximum atomic E-state index is 11.2. The number of hydrogen-bond donors (Lipinski definition) is 1. The van der Waals surface area contributed by atoms with Gasteiger partial charge in [0.1, 0.15) is 6.29 Å². The highest BCUT2D eigenvalue weighted by molar-refractivity contribution is 5.88. The van der Waals surface area contributed by atoms with Gasteiger partial charge in [0, 0.05) is 6.08 Å². The molecule has 0 heterocycles. The van der Waals surface area contributed by atoms with Crippen LogP contribution >= 0.6 is 0 Å². The topological polar surface area (TPSA) is 54.4 Å². The van der Waals surface area contributed by atoms with Crippen LogP contribution in [0.2, 0.25) is 0 Å². The number of hydrogen-bond acceptors (Lipinski definition) is 2. The lowest BCUT2D eigenvalue weighted by atomic mass is 9.47. The van der Waals surface area contributed by atoms with E-state index < -0.39 is 5.97 Å². The van der Waals surface area contributed by atoms with Crippen LogP contribution in [-0.2, 0) is 9.59 Å². The lowest BCUT2D eigenvalue weighted by Crippen LogP contribution is -2.49. The van der Waals surface area contributed by atoms with Crippen molar-refractivity contribution >= 4 is 12.3 Å². The van der Waals surface area contributed by atoms with Crippen molar-refractivity contribution in [1.82, 2.24) is 0 Å². The molecule has 23 heavy (non-hydrogen) atoms. The van der Waals surface area contributed by atoms with Crippen molar-refractivity contribution in [1.29, 1.82) is 0 Å². The average molecular weight is 318 g/mol. The molecular formula is C20H30O3. The van der Waals surface area contributed by atoms with Crippen molar-refractivity contribution in [2.45, 2.75) is 66.2 Å². The number of carboxylic acid groups (broad SMARTS) is 1. The van der Waals surface area contributed by atoms with Crippen molar-refractivity contribution in [3.63, 3.8) is 0 Å². The van der Waals surface area contributed by atoms with Crippen LogP contribution in [0, 0.1) is 22.7 Å². The Balaban J connectivity index is 2.25. The van der Waals surface area contributed by atoms with Crippen LogP contribution < -0.4 is 0 Å².